The molecule has 4 heteroatoms. The van der Waals surface area contributed by atoms with Gasteiger partial charge in [-0.3, -0.25) is 0 Å². The molecule has 1 aliphatic rings. The van der Waals surface area contributed by atoms with Crippen LogP contribution in [0.3, 0.4) is 0 Å². The molecule has 3 nitrogen and oxygen atoms in total. The summed E-state index contributed by atoms with van der Waals surface area (Å²) >= 11 is 1.76. The third kappa shape index (κ3) is 1.76. The van der Waals surface area contributed by atoms with E-state index in [2.05, 4.69) is 34.9 Å². The van der Waals surface area contributed by atoms with Crippen LogP contribution in [-0.2, 0) is 13.2 Å². The van der Waals surface area contributed by atoms with Crippen molar-refractivity contribution in [1.29, 1.82) is 0 Å². The lowest BCUT2D eigenvalue weighted by Gasteiger charge is -2.06. The highest BCUT2D eigenvalue weighted by Crippen LogP contribution is 2.34. The largest absolute Gasteiger partial charge is 0.390 e. The lowest BCUT2D eigenvalue weighted by atomic mass is 10.0. The molecule has 0 spiro atoms. The number of aliphatic hydroxyl groups excluding tert-OH is 1. The second-order valence-corrected chi connectivity index (χ2v) is 5.97. The fourth-order valence-corrected chi connectivity index (χ4v) is 3.73. The van der Waals surface area contributed by atoms with Crippen molar-refractivity contribution in [3.05, 3.63) is 48.2 Å². The first kappa shape index (κ1) is 12.0. The third-order valence-electron chi connectivity index (χ3n) is 3.76. The molecule has 0 unspecified atom stereocenters. The van der Waals surface area contributed by atoms with Gasteiger partial charge in [0.15, 0.2) is 5.16 Å². The van der Waals surface area contributed by atoms with E-state index in [0.717, 1.165) is 34.4 Å². The Labute approximate surface area is 121 Å². The van der Waals surface area contributed by atoms with Gasteiger partial charge in [-0.15, -0.1) is 0 Å². The minimum atomic E-state index is 0.0374. The SMILES string of the molecule is OCc1c(-c2ccc3ccccc3c2)nc2n1CCS2. The lowest BCUT2D eigenvalue weighted by molar-refractivity contribution is 0.271. The molecular weight excluding hydrogens is 268 g/mol. The smallest absolute Gasteiger partial charge is 0.168 e. The van der Waals surface area contributed by atoms with Crippen LogP contribution < -0.4 is 0 Å². The number of imidazole rings is 1. The van der Waals surface area contributed by atoms with Crippen LogP contribution in [0.1, 0.15) is 5.69 Å². The Kier molecular flexibility index (Phi) is 2.79. The summed E-state index contributed by atoms with van der Waals surface area (Å²) in [5, 5.41) is 13.1. The van der Waals surface area contributed by atoms with E-state index in [1.54, 1.807) is 11.8 Å². The van der Waals surface area contributed by atoms with Crippen molar-refractivity contribution in [1.82, 2.24) is 9.55 Å². The summed E-state index contributed by atoms with van der Waals surface area (Å²) in [4.78, 5) is 4.70. The van der Waals surface area contributed by atoms with E-state index >= 15 is 0 Å². The predicted octanol–water partition coefficient (Wildman–Crippen LogP) is 3.30. The molecule has 0 saturated heterocycles. The van der Waals surface area contributed by atoms with Crippen molar-refractivity contribution in [3.63, 3.8) is 0 Å². The molecule has 2 heterocycles. The van der Waals surface area contributed by atoms with Gasteiger partial charge in [-0.2, -0.15) is 0 Å². The van der Waals surface area contributed by atoms with Crippen LogP contribution >= 0.6 is 11.8 Å². The highest BCUT2D eigenvalue weighted by molar-refractivity contribution is 7.99. The first-order chi connectivity index (χ1) is 9.86. The highest BCUT2D eigenvalue weighted by atomic mass is 32.2. The van der Waals surface area contributed by atoms with Crippen LogP contribution in [0, 0.1) is 0 Å². The summed E-state index contributed by atoms with van der Waals surface area (Å²) in [6, 6.07) is 14.7. The Morgan fingerprint density at radius 1 is 1.15 bits per heavy atom. The van der Waals surface area contributed by atoms with Gasteiger partial charge in [0.25, 0.3) is 0 Å². The molecule has 3 aromatic rings. The average Bonchev–Trinajstić information content (AvgIpc) is 3.07. The van der Waals surface area contributed by atoms with Crippen molar-refractivity contribution in [2.75, 3.05) is 5.75 Å². The number of hydrogen-bond donors (Lipinski definition) is 1. The van der Waals surface area contributed by atoms with E-state index in [1.807, 2.05) is 12.1 Å². The van der Waals surface area contributed by atoms with Gasteiger partial charge in [0.1, 0.15) is 0 Å². The first-order valence-electron chi connectivity index (χ1n) is 6.69. The molecule has 0 atom stereocenters. The third-order valence-corrected chi connectivity index (χ3v) is 4.71. The predicted molar refractivity (Wildman–Crippen MR) is 81.8 cm³/mol. The second-order valence-electron chi connectivity index (χ2n) is 4.91. The summed E-state index contributed by atoms with van der Waals surface area (Å²) in [7, 11) is 0. The monoisotopic (exact) mass is 282 g/mol. The Balaban J connectivity index is 1.90. The summed E-state index contributed by atoms with van der Waals surface area (Å²) in [6.45, 7) is 0.978. The van der Waals surface area contributed by atoms with Gasteiger partial charge in [-0.1, -0.05) is 48.2 Å². The quantitative estimate of drug-likeness (QED) is 0.783. The number of benzene rings is 2. The lowest BCUT2D eigenvalue weighted by Crippen LogP contribution is -2.01. The Bertz CT molecular complexity index is 794. The maximum Gasteiger partial charge on any atom is 0.168 e. The van der Waals surface area contributed by atoms with Crippen molar-refractivity contribution < 1.29 is 5.11 Å². The number of nitrogens with zero attached hydrogens (tertiary/aromatic N) is 2. The van der Waals surface area contributed by atoms with Gasteiger partial charge in [0.2, 0.25) is 0 Å². The molecule has 4 rings (SSSR count). The van der Waals surface area contributed by atoms with E-state index in [9.17, 15) is 5.11 Å². The standard InChI is InChI=1S/C16H14N2OS/c19-10-14-15(17-16-18(14)7-8-20-16)13-6-5-11-3-1-2-4-12(11)9-13/h1-6,9,19H,7-8,10H2. The van der Waals surface area contributed by atoms with Crippen LogP contribution in [-0.4, -0.2) is 20.4 Å². The highest BCUT2D eigenvalue weighted by Gasteiger charge is 2.21. The molecular formula is C16H14N2OS. The molecule has 2 aromatic carbocycles. The van der Waals surface area contributed by atoms with Crippen molar-refractivity contribution in [2.45, 2.75) is 18.3 Å². The van der Waals surface area contributed by atoms with E-state index < -0.39 is 0 Å². The first-order valence-corrected chi connectivity index (χ1v) is 7.67. The van der Waals surface area contributed by atoms with Gasteiger partial charge >= 0.3 is 0 Å². The molecule has 0 saturated carbocycles. The molecule has 0 bridgehead atoms. The Morgan fingerprint density at radius 3 is 2.85 bits per heavy atom. The molecule has 0 amide bonds. The fraction of sp³-hybridized carbons (Fsp3) is 0.188. The van der Waals surface area contributed by atoms with E-state index in [-0.39, 0.29) is 6.61 Å². The molecule has 100 valence electrons. The Morgan fingerprint density at radius 2 is 2.00 bits per heavy atom. The maximum atomic E-state index is 9.68. The maximum absolute atomic E-state index is 9.68. The molecule has 1 aliphatic heterocycles. The van der Waals surface area contributed by atoms with Crippen LogP contribution in [0.5, 0.6) is 0 Å². The molecule has 0 fully saturated rings. The molecule has 1 aromatic heterocycles. The number of fused-ring (bicyclic) bond motifs is 2. The summed E-state index contributed by atoms with van der Waals surface area (Å²) in [6.07, 6.45) is 0. The van der Waals surface area contributed by atoms with Gasteiger partial charge in [0, 0.05) is 17.9 Å². The number of thioether (sulfide) groups is 1. The molecule has 1 N–H and O–H groups in total. The van der Waals surface area contributed by atoms with Crippen molar-refractivity contribution >= 4 is 22.5 Å². The zero-order chi connectivity index (χ0) is 13.5. The summed E-state index contributed by atoms with van der Waals surface area (Å²) in [5.74, 6) is 1.05. The minimum Gasteiger partial charge on any atom is -0.390 e. The molecule has 0 radical (unpaired) electrons. The van der Waals surface area contributed by atoms with Crippen LogP contribution in [0.15, 0.2) is 47.6 Å². The average molecular weight is 282 g/mol. The van der Waals surface area contributed by atoms with Crippen molar-refractivity contribution in [2.24, 2.45) is 0 Å². The van der Waals surface area contributed by atoms with Gasteiger partial charge in [-0.05, 0) is 16.8 Å². The fourth-order valence-electron chi connectivity index (χ4n) is 2.76. The minimum absolute atomic E-state index is 0.0374. The number of hydrogen-bond acceptors (Lipinski definition) is 3. The van der Waals surface area contributed by atoms with E-state index in [4.69, 9.17) is 4.98 Å². The normalized spacial score (nSPS) is 13.8. The van der Waals surface area contributed by atoms with E-state index in [1.165, 1.54) is 10.8 Å². The summed E-state index contributed by atoms with van der Waals surface area (Å²) in [5.41, 5.74) is 2.93. The molecule has 20 heavy (non-hydrogen) atoms. The number of aliphatic hydroxyl groups is 1. The number of rotatable bonds is 2. The van der Waals surface area contributed by atoms with Crippen LogP contribution in [0.2, 0.25) is 0 Å². The van der Waals surface area contributed by atoms with Gasteiger partial charge in [0.05, 0.1) is 18.0 Å². The zero-order valence-corrected chi connectivity index (χ0v) is 11.7. The molecule has 0 aliphatic carbocycles. The van der Waals surface area contributed by atoms with E-state index in [0.29, 0.717) is 0 Å². The van der Waals surface area contributed by atoms with Gasteiger partial charge in [-0.25, -0.2) is 4.98 Å². The Hall–Kier alpha value is -1.78. The topological polar surface area (TPSA) is 38.1 Å². The van der Waals surface area contributed by atoms with Crippen LogP contribution in [0.4, 0.5) is 0 Å². The van der Waals surface area contributed by atoms with Crippen molar-refractivity contribution in [3.8, 4) is 11.3 Å². The zero-order valence-electron chi connectivity index (χ0n) is 10.9. The summed E-state index contributed by atoms with van der Waals surface area (Å²) < 4.78 is 2.13. The van der Waals surface area contributed by atoms with Crippen LogP contribution in [0.25, 0.3) is 22.0 Å². The number of aromatic nitrogens is 2. The second kappa shape index (κ2) is 4.65. The van der Waals surface area contributed by atoms with Gasteiger partial charge < -0.3 is 9.67 Å².